The fraction of sp³-hybridized carbons (Fsp3) is 0.529. The first-order valence-corrected chi connectivity index (χ1v) is 15.7. The molecule has 0 radical (unpaired) electrons. The molecule has 2 amide bonds. The minimum Gasteiger partial charge on any atom is -0.392 e. The van der Waals surface area contributed by atoms with Gasteiger partial charge in [0.1, 0.15) is 6.04 Å². The summed E-state index contributed by atoms with van der Waals surface area (Å²) < 4.78 is 52.6. The zero-order valence-corrected chi connectivity index (χ0v) is 25.5. The van der Waals surface area contributed by atoms with E-state index in [9.17, 15) is 27.9 Å². The van der Waals surface area contributed by atoms with Crippen molar-refractivity contribution in [1.82, 2.24) is 9.80 Å². The second kappa shape index (κ2) is 14.5. The van der Waals surface area contributed by atoms with Crippen LogP contribution in [-0.4, -0.2) is 70.7 Å². The van der Waals surface area contributed by atoms with E-state index in [1.807, 2.05) is 36.4 Å². The fourth-order valence-electron chi connectivity index (χ4n) is 6.80. The molecule has 2 heterocycles. The van der Waals surface area contributed by atoms with Gasteiger partial charge in [-0.3, -0.25) is 14.5 Å². The minimum absolute atomic E-state index is 0.0163. The molecule has 2 saturated heterocycles. The SMILES string of the molecule is C=CCN(CC1OC(c2cccc(NC(=O)C3CCCN3C(=O)C(F)(F)F)c2)OC(c2ccc(CO)cc2)C1C)C1CCCC1. The molecule has 2 N–H and O–H groups in total. The average molecular weight is 630 g/mol. The Kier molecular flexibility index (Phi) is 10.6. The molecule has 0 bridgehead atoms. The number of hydrogen-bond acceptors (Lipinski definition) is 6. The van der Waals surface area contributed by atoms with Crippen LogP contribution in [0.3, 0.4) is 0 Å². The number of anilines is 1. The first kappa shape index (κ1) is 33.1. The highest BCUT2D eigenvalue weighted by Gasteiger charge is 2.48. The molecule has 5 unspecified atom stereocenters. The van der Waals surface area contributed by atoms with E-state index in [-0.39, 0.29) is 37.7 Å². The number of rotatable bonds is 10. The lowest BCUT2D eigenvalue weighted by molar-refractivity contribution is -0.276. The van der Waals surface area contributed by atoms with Crippen LogP contribution in [0.25, 0.3) is 0 Å². The molecule has 3 fully saturated rings. The Balaban J connectivity index is 1.37. The molecule has 1 saturated carbocycles. The van der Waals surface area contributed by atoms with E-state index in [1.54, 1.807) is 18.2 Å². The minimum atomic E-state index is -5.04. The monoisotopic (exact) mass is 629 g/mol. The topological polar surface area (TPSA) is 91.3 Å². The van der Waals surface area contributed by atoms with Crippen LogP contribution in [0, 0.1) is 5.92 Å². The highest BCUT2D eigenvalue weighted by Crippen LogP contribution is 2.42. The van der Waals surface area contributed by atoms with Gasteiger partial charge in [0.15, 0.2) is 6.29 Å². The van der Waals surface area contributed by atoms with Crippen LogP contribution in [0.5, 0.6) is 0 Å². The van der Waals surface area contributed by atoms with Crippen molar-refractivity contribution in [2.75, 3.05) is 25.0 Å². The molecule has 11 heteroatoms. The van der Waals surface area contributed by atoms with Gasteiger partial charge in [0.2, 0.25) is 5.91 Å². The molecule has 0 aromatic heterocycles. The number of carbonyl (C=O) groups excluding carboxylic acids is 2. The fourth-order valence-corrected chi connectivity index (χ4v) is 6.80. The van der Waals surface area contributed by atoms with Crippen LogP contribution < -0.4 is 5.32 Å². The third-order valence-corrected chi connectivity index (χ3v) is 9.23. The summed E-state index contributed by atoms with van der Waals surface area (Å²) in [5.74, 6) is -2.69. The van der Waals surface area contributed by atoms with E-state index in [4.69, 9.17) is 9.47 Å². The Morgan fingerprint density at radius 2 is 1.80 bits per heavy atom. The number of aliphatic hydroxyl groups is 1. The Bertz CT molecular complexity index is 1330. The number of amides is 2. The van der Waals surface area contributed by atoms with Crippen molar-refractivity contribution in [2.45, 2.75) is 88.8 Å². The summed E-state index contributed by atoms with van der Waals surface area (Å²) >= 11 is 0. The zero-order valence-electron chi connectivity index (χ0n) is 25.5. The van der Waals surface area contributed by atoms with Gasteiger partial charge >= 0.3 is 12.1 Å². The van der Waals surface area contributed by atoms with Gasteiger partial charge in [0.25, 0.3) is 0 Å². The van der Waals surface area contributed by atoms with Crippen LogP contribution in [0.1, 0.15) is 74.5 Å². The van der Waals surface area contributed by atoms with Crippen molar-refractivity contribution in [1.29, 1.82) is 0 Å². The third-order valence-electron chi connectivity index (χ3n) is 9.23. The molecular formula is C34H42F3N3O5. The number of nitrogens with one attached hydrogen (secondary N) is 1. The maximum absolute atomic E-state index is 13.1. The van der Waals surface area contributed by atoms with Gasteiger partial charge in [-0.1, -0.05) is 62.2 Å². The molecule has 5 rings (SSSR count). The van der Waals surface area contributed by atoms with Gasteiger partial charge in [-0.2, -0.15) is 13.2 Å². The van der Waals surface area contributed by atoms with Crippen molar-refractivity contribution in [2.24, 2.45) is 5.92 Å². The quantitative estimate of drug-likeness (QED) is 0.319. The summed E-state index contributed by atoms with van der Waals surface area (Å²) in [5.41, 5.74) is 2.77. The molecule has 3 aliphatic rings. The number of hydrogen-bond donors (Lipinski definition) is 2. The van der Waals surface area contributed by atoms with Gasteiger partial charge in [0, 0.05) is 42.8 Å². The van der Waals surface area contributed by atoms with Crippen molar-refractivity contribution in [3.8, 4) is 0 Å². The maximum Gasteiger partial charge on any atom is 0.471 e. The third kappa shape index (κ3) is 7.77. The highest BCUT2D eigenvalue weighted by molar-refractivity contribution is 5.98. The van der Waals surface area contributed by atoms with Crippen molar-refractivity contribution in [3.63, 3.8) is 0 Å². The number of halogens is 3. The molecule has 2 aromatic carbocycles. The lowest BCUT2D eigenvalue weighted by Gasteiger charge is -2.43. The molecule has 5 atom stereocenters. The first-order valence-electron chi connectivity index (χ1n) is 15.7. The van der Waals surface area contributed by atoms with Gasteiger partial charge in [-0.25, -0.2) is 0 Å². The molecule has 244 valence electrons. The van der Waals surface area contributed by atoms with Crippen molar-refractivity contribution < 1.29 is 37.3 Å². The largest absolute Gasteiger partial charge is 0.471 e. The van der Waals surface area contributed by atoms with E-state index in [0.29, 0.717) is 35.2 Å². The summed E-state index contributed by atoms with van der Waals surface area (Å²) in [6.07, 6.45) is 0.707. The lowest BCUT2D eigenvalue weighted by atomic mass is 9.89. The van der Waals surface area contributed by atoms with Crippen LogP contribution in [0.15, 0.2) is 61.2 Å². The van der Waals surface area contributed by atoms with Gasteiger partial charge in [-0.15, -0.1) is 6.58 Å². The number of likely N-dealkylation sites (tertiary alicyclic amines) is 1. The Labute approximate surface area is 262 Å². The van der Waals surface area contributed by atoms with Crippen LogP contribution in [-0.2, 0) is 25.7 Å². The summed E-state index contributed by atoms with van der Waals surface area (Å²) in [6.45, 7) is 7.33. The van der Waals surface area contributed by atoms with E-state index in [0.717, 1.165) is 30.5 Å². The molecule has 8 nitrogen and oxygen atoms in total. The second-order valence-corrected chi connectivity index (χ2v) is 12.3. The molecule has 1 aliphatic carbocycles. The van der Waals surface area contributed by atoms with Crippen molar-refractivity contribution in [3.05, 3.63) is 77.9 Å². The van der Waals surface area contributed by atoms with E-state index in [1.165, 1.54) is 12.8 Å². The van der Waals surface area contributed by atoms with Crippen LogP contribution in [0.4, 0.5) is 18.9 Å². The standard InChI is InChI=1S/C34H42F3N3O5/c1-3-17-39(27-10-4-5-11-27)20-29-22(2)30(24-15-13-23(21-41)14-16-24)45-32(44-29)25-8-6-9-26(19-25)38-31(42)28-12-7-18-40(28)33(43)34(35,36)37/h3,6,8-9,13-16,19,22,27-30,32,41H,1,4-5,7,10-12,17-18,20-21H2,2H3,(H,38,42). The average Bonchev–Trinajstić information content (AvgIpc) is 3.74. The molecule has 0 spiro atoms. The lowest BCUT2D eigenvalue weighted by Crippen LogP contribution is -2.48. The normalized spacial score (nSPS) is 25.9. The predicted octanol–water partition coefficient (Wildman–Crippen LogP) is 5.89. The zero-order chi connectivity index (χ0) is 32.1. The Morgan fingerprint density at radius 3 is 2.47 bits per heavy atom. The van der Waals surface area contributed by atoms with Crippen LogP contribution in [0.2, 0.25) is 0 Å². The van der Waals surface area contributed by atoms with E-state index in [2.05, 4.69) is 23.7 Å². The van der Waals surface area contributed by atoms with E-state index >= 15 is 0 Å². The number of carbonyl (C=O) groups is 2. The number of ether oxygens (including phenoxy) is 2. The highest BCUT2D eigenvalue weighted by atomic mass is 19.4. The number of nitrogens with zero attached hydrogens (tertiary/aromatic N) is 2. The molecule has 45 heavy (non-hydrogen) atoms. The van der Waals surface area contributed by atoms with E-state index < -0.39 is 30.3 Å². The Hall–Kier alpha value is -3.25. The summed E-state index contributed by atoms with van der Waals surface area (Å²) in [4.78, 5) is 28.0. The number of alkyl halides is 3. The summed E-state index contributed by atoms with van der Waals surface area (Å²) in [6, 6.07) is 13.8. The van der Waals surface area contributed by atoms with Gasteiger partial charge in [0.05, 0.1) is 18.8 Å². The second-order valence-electron chi connectivity index (χ2n) is 12.3. The number of aliphatic hydroxyl groups excluding tert-OH is 1. The smallest absolute Gasteiger partial charge is 0.392 e. The van der Waals surface area contributed by atoms with Gasteiger partial charge in [-0.05, 0) is 48.9 Å². The molecular weight excluding hydrogens is 587 g/mol. The summed E-state index contributed by atoms with van der Waals surface area (Å²) in [5, 5.41) is 12.3. The maximum atomic E-state index is 13.1. The van der Waals surface area contributed by atoms with Crippen molar-refractivity contribution >= 4 is 17.5 Å². The van der Waals surface area contributed by atoms with Gasteiger partial charge < -0.3 is 24.8 Å². The Morgan fingerprint density at radius 1 is 1.07 bits per heavy atom. The number of benzene rings is 2. The van der Waals surface area contributed by atoms with Crippen LogP contribution >= 0.6 is 0 Å². The summed E-state index contributed by atoms with van der Waals surface area (Å²) in [7, 11) is 0. The first-order chi connectivity index (χ1) is 21.6. The predicted molar refractivity (Wildman–Crippen MR) is 163 cm³/mol. The molecule has 2 aromatic rings. The molecule has 2 aliphatic heterocycles.